The molecule has 0 saturated heterocycles. The van der Waals surface area contributed by atoms with Crippen LogP contribution in [0.4, 0.5) is 0 Å². The van der Waals surface area contributed by atoms with Crippen LogP contribution in [0.25, 0.3) is 0 Å². The smallest absolute Gasteiger partial charge is 0.306 e. The van der Waals surface area contributed by atoms with Gasteiger partial charge in [-0.1, -0.05) is 198 Å². The Morgan fingerprint density at radius 1 is 0.357 bits per heavy atom. The highest BCUT2D eigenvalue weighted by Crippen LogP contribution is 2.14. The second kappa shape index (κ2) is 45.1. The van der Waals surface area contributed by atoms with Crippen molar-refractivity contribution in [2.75, 3.05) is 13.2 Å². The first kappa shape index (κ1) is 53.4. The lowest BCUT2D eigenvalue weighted by Gasteiger charge is -2.18. The van der Waals surface area contributed by atoms with Crippen molar-refractivity contribution in [1.82, 2.24) is 0 Å². The number of carbonyl (C=O) groups is 3. The monoisotopic (exact) mass is 785 g/mol. The molecule has 0 N–H and O–H groups in total. The Morgan fingerprint density at radius 2 is 0.643 bits per heavy atom. The summed E-state index contributed by atoms with van der Waals surface area (Å²) in [4.78, 5) is 37.7. The molecular formula is C50H88O6. The van der Waals surface area contributed by atoms with Gasteiger partial charge in [0.15, 0.2) is 6.10 Å². The van der Waals surface area contributed by atoms with E-state index in [1.54, 1.807) is 0 Å². The third kappa shape index (κ3) is 42.5. The molecule has 0 fully saturated rings. The zero-order valence-corrected chi connectivity index (χ0v) is 36.9. The fourth-order valence-corrected chi connectivity index (χ4v) is 6.48. The fraction of sp³-hybridized carbons (Fsp3) is 0.780. The first-order chi connectivity index (χ1) is 27.5. The summed E-state index contributed by atoms with van der Waals surface area (Å²) in [7, 11) is 0. The molecule has 0 heterocycles. The van der Waals surface area contributed by atoms with Gasteiger partial charge in [-0.25, -0.2) is 0 Å². The minimum Gasteiger partial charge on any atom is -0.462 e. The lowest BCUT2D eigenvalue weighted by atomic mass is 10.1. The van der Waals surface area contributed by atoms with E-state index in [2.05, 4.69) is 69.4 Å². The number of carbonyl (C=O) groups excluding carboxylic acids is 3. The van der Waals surface area contributed by atoms with E-state index in [9.17, 15) is 14.4 Å². The maximum atomic E-state index is 12.7. The van der Waals surface area contributed by atoms with Crippen molar-refractivity contribution < 1.29 is 28.6 Å². The third-order valence-corrected chi connectivity index (χ3v) is 10.1. The molecule has 0 spiro atoms. The maximum Gasteiger partial charge on any atom is 0.306 e. The van der Waals surface area contributed by atoms with Crippen LogP contribution < -0.4 is 0 Å². The Hall–Kier alpha value is -2.63. The summed E-state index contributed by atoms with van der Waals surface area (Å²) in [6, 6.07) is 0. The fourth-order valence-electron chi connectivity index (χ4n) is 6.48. The Balaban J connectivity index is 4.35. The molecule has 0 bridgehead atoms. The van der Waals surface area contributed by atoms with E-state index in [1.165, 1.54) is 109 Å². The SMILES string of the molecule is CCCCC/C=C\C/C=C\C/C=C\C/C=C\CCCCCC(=O)OC[C@@H](COC(=O)CCCCCCCCCCC)OC(=O)CCCCCCCCCCCC. The maximum absolute atomic E-state index is 12.7. The molecule has 324 valence electrons. The zero-order valence-electron chi connectivity index (χ0n) is 36.9. The van der Waals surface area contributed by atoms with Crippen molar-refractivity contribution in [2.24, 2.45) is 0 Å². The largest absolute Gasteiger partial charge is 0.462 e. The zero-order chi connectivity index (χ0) is 40.8. The van der Waals surface area contributed by atoms with Gasteiger partial charge < -0.3 is 14.2 Å². The van der Waals surface area contributed by atoms with Gasteiger partial charge in [-0.15, -0.1) is 0 Å². The van der Waals surface area contributed by atoms with Crippen molar-refractivity contribution >= 4 is 17.9 Å². The average molecular weight is 785 g/mol. The quantitative estimate of drug-likeness (QED) is 0.0265. The second-order valence-corrected chi connectivity index (χ2v) is 15.7. The van der Waals surface area contributed by atoms with Crippen molar-refractivity contribution in [2.45, 2.75) is 239 Å². The van der Waals surface area contributed by atoms with Crippen LogP contribution >= 0.6 is 0 Å². The number of ether oxygens (including phenoxy) is 3. The van der Waals surface area contributed by atoms with E-state index in [4.69, 9.17) is 14.2 Å². The van der Waals surface area contributed by atoms with Crippen LogP contribution in [0.15, 0.2) is 48.6 Å². The molecule has 0 rings (SSSR count). The number of rotatable bonds is 42. The van der Waals surface area contributed by atoms with E-state index in [0.717, 1.165) is 83.5 Å². The summed E-state index contributed by atoms with van der Waals surface area (Å²) in [6.45, 7) is 6.54. The molecule has 0 aromatic carbocycles. The molecule has 0 saturated carbocycles. The van der Waals surface area contributed by atoms with Gasteiger partial charge in [0.1, 0.15) is 13.2 Å². The van der Waals surface area contributed by atoms with E-state index in [-0.39, 0.29) is 31.1 Å². The summed E-state index contributed by atoms with van der Waals surface area (Å²) < 4.78 is 16.7. The predicted molar refractivity (Wildman–Crippen MR) is 238 cm³/mol. The Bertz CT molecular complexity index is 996. The molecule has 0 aromatic heterocycles. The first-order valence-corrected chi connectivity index (χ1v) is 23.6. The highest BCUT2D eigenvalue weighted by atomic mass is 16.6. The van der Waals surface area contributed by atoms with Crippen LogP contribution in [0.3, 0.4) is 0 Å². The Morgan fingerprint density at radius 3 is 1.04 bits per heavy atom. The number of esters is 3. The molecular weight excluding hydrogens is 697 g/mol. The molecule has 6 heteroatoms. The number of unbranched alkanes of at least 4 members (excludes halogenated alkanes) is 23. The van der Waals surface area contributed by atoms with Gasteiger partial charge in [-0.2, -0.15) is 0 Å². The molecule has 0 aliphatic rings. The Kier molecular flexibility index (Phi) is 43.0. The predicted octanol–water partition coefficient (Wildman–Crippen LogP) is 15.1. The molecule has 0 amide bonds. The summed E-state index contributed by atoms with van der Waals surface area (Å²) in [6.07, 6.45) is 52.4. The highest BCUT2D eigenvalue weighted by Gasteiger charge is 2.19. The standard InChI is InChI=1S/C50H88O6/c1-4-7-10-13-16-19-21-22-23-24-25-26-27-28-29-32-34-37-40-43-49(52)55-46-47(45-54-48(51)42-39-36-33-30-18-15-12-9-6-3)56-50(53)44-41-38-35-31-20-17-14-11-8-5-2/h16,19,22-23,25-26,28-29,47H,4-15,17-18,20-21,24,27,30-46H2,1-3H3/b19-16-,23-22-,26-25-,29-28-/t47-/m1/s1. The van der Waals surface area contributed by atoms with Crippen LogP contribution in [0.2, 0.25) is 0 Å². The van der Waals surface area contributed by atoms with Crippen molar-refractivity contribution in [3.8, 4) is 0 Å². The highest BCUT2D eigenvalue weighted by molar-refractivity contribution is 5.71. The molecule has 0 unspecified atom stereocenters. The van der Waals surface area contributed by atoms with Crippen molar-refractivity contribution in [1.29, 1.82) is 0 Å². The Labute approximate surface area is 346 Å². The van der Waals surface area contributed by atoms with E-state index >= 15 is 0 Å². The van der Waals surface area contributed by atoms with Gasteiger partial charge in [0.05, 0.1) is 0 Å². The molecule has 56 heavy (non-hydrogen) atoms. The second-order valence-electron chi connectivity index (χ2n) is 15.7. The van der Waals surface area contributed by atoms with Gasteiger partial charge in [0, 0.05) is 19.3 Å². The molecule has 1 atom stereocenters. The summed E-state index contributed by atoms with van der Waals surface area (Å²) in [5, 5.41) is 0. The van der Waals surface area contributed by atoms with E-state index in [1.807, 2.05) is 0 Å². The minimum atomic E-state index is -0.779. The van der Waals surface area contributed by atoms with Crippen LogP contribution in [0.5, 0.6) is 0 Å². The average Bonchev–Trinajstić information content (AvgIpc) is 3.19. The van der Waals surface area contributed by atoms with Crippen molar-refractivity contribution in [3.63, 3.8) is 0 Å². The number of hydrogen-bond donors (Lipinski definition) is 0. The van der Waals surface area contributed by atoms with Crippen LogP contribution in [0, 0.1) is 0 Å². The van der Waals surface area contributed by atoms with E-state index in [0.29, 0.717) is 19.3 Å². The molecule has 0 radical (unpaired) electrons. The lowest BCUT2D eigenvalue weighted by molar-refractivity contribution is -0.167. The topological polar surface area (TPSA) is 78.9 Å². The minimum absolute atomic E-state index is 0.0810. The van der Waals surface area contributed by atoms with Gasteiger partial charge in [0.2, 0.25) is 0 Å². The number of allylic oxidation sites excluding steroid dienone is 8. The molecule has 6 nitrogen and oxygen atoms in total. The van der Waals surface area contributed by atoms with Gasteiger partial charge in [-0.3, -0.25) is 14.4 Å². The van der Waals surface area contributed by atoms with Crippen molar-refractivity contribution in [3.05, 3.63) is 48.6 Å². The molecule has 0 aliphatic heterocycles. The lowest BCUT2D eigenvalue weighted by Crippen LogP contribution is -2.30. The van der Waals surface area contributed by atoms with E-state index < -0.39 is 6.10 Å². The third-order valence-electron chi connectivity index (χ3n) is 10.1. The summed E-state index contributed by atoms with van der Waals surface area (Å²) in [5.41, 5.74) is 0. The normalized spacial score (nSPS) is 12.4. The molecule has 0 aliphatic carbocycles. The van der Waals surface area contributed by atoms with Crippen LogP contribution in [0.1, 0.15) is 233 Å². The summed E-state index contributed by atoms with van der Waals surface area (Å²) >= 11 is 0. The number of hydrogen-bond acceptors (Lipinski definition) is 6. The van der Waals surface area contributed by atoms with Gasteiger partial charge >= 0.3 is 17.9 Å². The summed E-state index contributed by atoms with van der Waals surface area (Å²) in [5.74, 6) is -0.916. The van der Waals surface area contributed by atoms with Crippen LogP contribution in [-0.4, -0.2) is 37.2 Å². The van der Waals surface area contributed by atoms with Gasteiger partial charge in [-0.05, 0) is 64.2 Å². The molecule has 0 aromatic rings. The van der Waals surface area contributed by atoms with Gasteiger partial charge in [0.25, 0.3) is 0 Å². The first-order valence-electron chi connectivity index (χ1n) is 23.6. The van der Waals surface area contributed by atoms with Crippen LogP contribution in [-0.2, 0) is 28.6 Å².